The van der Waals surface area contributed by atoms with E-state index in [1.807, 2.05) is 0 Å². The van der Waals surface area contributed by atoms with Gasteiger partial charge in [0.2, 0.25) is 5.95 Å². The highest BCUT2D eigenvalue weighted by molar-refractivity contribution is 5.31. The minimum Gasteiger partial charge on any atom is -0.383 e. The van der Waals surface area contributed by atoms with Crippen LogP contribution >= 0.6 is 0 Å². The van der Waals surface area contributed by atoms with E-state index < -0.39 is 0 Å². The fourth-order valence-electron chi connectivity index (χ4n) is 3.94. The topological polar surface area (TPSA) is 39.1 Å². The molecule has 19 heavy (non-hydrogen) atoms. The van der Waals surface area contributed by atoms with Crippen LogP contribution in [0.2, 0.25) is 0 Å². The summed E-state index contributed by atoms with van der Waals surface area (Å²) in [6.07, 6.45) is 7.83. The van der Waals surface area contributed by atoms with Gasteiger partial charge in [0, 0.05) is 25.4 Å². The third-order valence-corrected chi connectivity index (χ3v) is 4.70. The summed E-state index contributed by atoms with van der Waals surface area (Å²) in [6.45, 7) is 4.93. The lowest BCUT2D eigenvalue weighted by atomic mass is 9.95. The molecule has 4 unspecified atom stereocenters. The van der Waals surface area contributed by atoms with Gasteiger partial charge in [-0.05, 0) is 44.9 Å². The van der Waals surface area contributed by atoms with Crippen molar-refractivity contribution in [1.82, 2.24) is 9.55 Å². The summed E-state index contributed by atoms with van der Waals surface area (Å²) >= 11 is 0. The Kier molecular flexibility index (Phi) is 3.52. The van der Waals surface area contributed by atoms with Crippen molar-refractivity contribution < 1.29 is 4.74 Å². The lowest BCUT2D eigenvalue weighted by Crippen LogP contribution is -2.25. The van der Waals surface area contributed by atoms with Gasteiger partial charge in [0.25, 0.3) is 0 Å². The molecule has 4 atom stereocenters. The molecule has 1 aromatic heterocycles. The summed E-state index contributed by atoms with van der Waals surface area (Å²) in [4.78, 5) is 4.66. The van der Waals surface area contributed by atoms with Gasteiger partial charge in [-0.1, -0.05) is 6.42 Å². The summed E-state index contributed by atoms with van der Waals surface area (Å²) in [6, 6.07) is 0.960. The molecule has 0 amide bonds. The maximum atomic E-state index is 5.20. The van der Waals surface area contributed by atoms with Crippen molar-refractivity contribution in [2.45, 2.75) is 51.6 Å². The number of imidazole rings is 1. The predicted molar refractivity (Wildman–Crippen MR) is 76.4 cm³/mol. The van der Waals surface area contributed by atoms with E-state index >= 15 is 0 Å². The van der Waals surface area contributed by atoms with Gasteiger partial charge < -0.3 is 14.6 Å². The number of aryl methyl sites for hydroxylation is 1. The molecule has 2 bridgehead atoms. The zero-order valence-corrected chi connectivity index (χ0v) is 12.2. The number of ether oxygens (including phenoxy) is 1. The number of nitrogens with one attached hydrogen (secondary N) is 1. The van der Waals surface area contributed by atoms with Crippen LogP contribution in [-0.2, 0) is 4.74 Å². The van der Waals surface area contributed by atoms with Gasteiger partial charge in [0.1, 0.15) is 0 Å². The highest BCUT2D eigenvalue weighted by Crippen LogP contribution is 2.51. The second kappa shape index (κ2) is 5.16. The Bertz CT molecular complexity index is 443. The molecule has 0 aliphatic heterocycles. The predicted octanol–water partition coefficient (Wildman–Crippen LogP) is 3.00. The fraction of sp³-hybridized carbons (Fsp3) is 0.800. The Morgan fingerprint density at radius 1 is 1.47 bits per heavy atom. The first-order valence-corrected chi connectivity index (χ1v) is 7.48. The molecule has 1 aromatic rings. The number of nitrogens with zero attached hydrogens (tertiary/aromatic N) is 2. The average molecular weight is 263 g/mol. The zero-order valence-electron chi connectivity index (χ0n) is 12.2. The Balaban J connectivity index is 1.77. The quantitative estimate of drug-likeness (QED) is 0.887. The largest absolute Gasteiger partial charge is 0.383 e. The van der Waals surface area contributed by atoms with Gasteiger partial charge in [-0.2, -0.15) is 0 Å². The first-order chi connectivity index (χ1) is 9.17. The van der Waals surface area contributed by atoms with Gasteiger partial charge in [-0.25, -0.2) is 4.98 Å². The minimum atomic E-state index is 0.296. The molecule has 0 saturated heterocycles. The van der Waals surface area contributed by atoms with E-state index in [9.17, 15) is 0 Å². The van der Waals surface area contributed by atoms with Crippen LogP contribution in [0.15, 0.2) is 6.20 Å². The maximum absolute atomic E-state index is 5.20. The third kappa shape index (κ3) is 2.50. The summed E-state index contributed by atoms with van der Waals surface area (Å²) in [5.74, 6) is 2.86. The van der Waals surface area contributed by atoms with Crippen LogP contribution in [0.4, 0.5) is 5.95 Å². The van der Waals surface area contributed by atoms with E-state index in [1.54, 1.807) is 7.11 Å². The highest BCUT2D eigenvalue weighted by Gasteiger charge is 2.41. The Labute approximate surface area is 115 Å². The fourth-order valence-corrected chi connectivity index (χ4v) is 3.94. The number of anilines is 1. The molecular formula is C15H25N3O. The van der Waals surface area contributed by atoms with Gasteiger partial charge in [0.05, 0.1) is 12.3 Å². The summed E-state index contributed by atoms with van der Waals surface area (Å²) in [5.41, 5.74) is 1.11. The molecule has 2 fully saturated rings. The second-order valence-electron chi connectivity index (χ2n) is 6.36. The van der Waals surface area contributed by atoms with E-state index in [0.29, 0.717) is 18.7 Å². The molecule has 4 heteroatoms. The summed E-state index contributed by atoms with van der Waals surface area (Å²) in [5, 5.41) is 3.50. The lowest BCUT2D eigenvalue weighted by Gasteiger charge is -2.26. The molecule has 106 valence electrons. The first kappa shape index (κ1) is 13.0. The van der Waals surface area contributed by atoms with E-state index in [4.69, 9.17) is 4.74 Å². The maximum Gasteiger partial charge on any atom is 0.203 e. The Morgan fingerprint density at radius 2 is 2.32 bits per heavy atom. The number of hydrogen-bond acceptors (Lipinski definition) is 3. The highest BCUT2D eigenvalue weighted by atomic mass is 16.5. The number of hydrogen-bond donors (Lipinski definition) is 1. The molecule has 1 N–H and O–H groups in total. The molecule has 1 heterocycles. The van der Waals surface area contributed by atoms with Crippen molar-refractivity contribution in [2.75, 3.05) is 19.0 Å². The number of aromatic nitrogens is 2. The molecule has 2 aliphatic rings. The molecule has 0 radical (unpaired) electrons. The molecule has 4 nitrogen and oxygen atoms in total. The van der Waals surface area contributed by atoms with Crippen LogP contribution in [0, 0.1) is 18.8 Å². The van der Waals surface area contributed by atoms with Crippen molar-refractivity contribution in [3.8, 4) is 0 Å². The van der Waals surface area contributed by atoms with E-state index in [0.717, 1.165) is 23.5 Å². The van der Waals surface area contributed by atoms with Crippen LogP contribution in [0.5, 0.6) is 0 Å². The van der Waals surface area contributed by atoms with E-state index in [1.165, 1.54) is 25.7 Å². The number of methoxy groups -OCH3 is 1. The van der Waals surface area contributed by atoms with Gasteiger partial charge >= 0.3 is 0 Å². The van der Waals surface area contributed by atoms with E-state index in [2.05, 4.69) is 34.9 Å². The van der Waals surface area contributed by atoms with Crippen LogP contribution < -0.4 is 5.32 Å². The first-order valence-electron chi connectivity index (χ1n) is 7.48. The Hall–Kier alpha value is -1.03. The molecular weight excluding hydrogens is 238 g/mol. The van der Waals surface area contributed by atoms with Crippen molar-refractivity contribution in [3.63, 3.8) is 0 Å². The Morgan fingerprint density at radius 3 is 2.95 bits per heavy atom. The lowest BCUT2D eigenvalue weighted by molar-refractivity contribution is 0.190. The standard InChI is InChI=1S/C15H25N3O/c1-10-8-18(14-7-12-4-5-13(14)6-12)15(16-10)17-11(2)9-19-3/h8,11-14H,4-7,9H2,1-3H3,(H,16,17). The van der Waals surface area contributed by atoms with Crippen molar-refractivity contribution >= 4 is 5.95 Å². The average Bonchev–Trinajstić information content (AvgIpc) is 3.04. The van der Waals surface area contributed by atoms with Crippen LogP contribution in [0.3, 0.4) is 0 Å². The zero-order chi connectivity index (χ0) is 13.4. The molecule has 0 spiro atoms. The van der Waals surface area contributed by atoms with Crippen molar-refractivity contribution in [2.24, 2.45) is 11.8 Å². The molecule has 0 aromatic carbocycles. The normalized spacial score (nSPS) is 30.8. The van der Waals surface area contributed by atoms with Gasteiger partial charge in [0.15, 0.2) is 0 Å². The van der Waals surface area contributed by atoms with Crippen LogP contribution in [0.25, 0.3) is 0 Å². The monoisotopic (exact) mass is 263 g/mol. The van der Waals surface area contributed by atoms with Crippen molar-refractivity contribution in [3.05, 3.63) is 11.9 Å². The summed E-state index contributed by atoms with van der Waals surface area (Å²) < 4.78 is 7.59. The molecule has 2 aliphatic carbocycles. The van der Waals surface area contributed by atoms with Crippen LogP contribution in [0.1, 0.15) is 44.3 Å². The third-order valence-electron chi connectivity index (χ3n) is 4.70. The van der Waals surface area contributed by atoms with Crippen LogP contribution in [-0.4, -0.2) is 29.3 Å². The van der Waals surface area contributed by atoms with Gasteiger partial charge in [-0.15, -0.1) is 0 Å². The minimum absolute atomic E-state index is 0.296. The smallest absolute Gasteiger partial charge is 0.203 e. The summed E-state index contributed by atoms with van der Waals surface area (Å²) in [7, 11) is 1.74. The van der Waals surface area contributed by atoms with Crippen molar-refractivity contribution in [1.29, 1.82) is 0 Å². The molecule has 2 saturated carbocycles. The second-order valence-corrected chi connectivity index (χ2v) is 6.36. The number of rotatable bonds is 5. The SMILES string of the molecule is COCC(C)Nc1nc(C)cn1C1CC2CCC1C2. The van der Waals surface area contributed by atoms with E-state index in [-0.39, 0.29) is 0 Å². The number of fused-ring (bicyclic) bond motifs is 2. The molecule has 3 rings (SSSR count). The van der Waals surface area contributed by atoms with Gasteiger partial charge in [-0.3, -0.25) is 0 Å².